The quantitative estimate of drug-likeness (QED) is 0.442. The molecule has 0 fully saturated rings. The molecule has 0 aromatic carbocycles. The summed E-state index contributed by atoms with van der Waals surface area (Å²) in [5, 5.41) is 3.82. The van der Waals surface area contributed by atoms with E-state index < -0.39 is 10.2 Å². The molecule has 0 saturated carbocycles. The van der Waals surface area contributed by atoms with Gasteiger partial charge in [-0.15, -0.1) is 19.9 Å². The second kappa shape index (κ2) is 4.90. The highest BCUT2D eigenvalue weighted by molar-refractivity contribution is 5.33. The first kappa shape index (κ1) is 13.7. The van der Waals surface area contributed by atoms with Crippen LogP contribution in [0.3, 0.4) is 0 Å². The molecule has 0 spiro atoms. The monoisotopic (exact) mass is 263 g/mol. The van der Waals surface area contributed by atoms with Crippen LogP contribution in [0.15, 0.2) is 10.7 Å². The highest BCUT2D eigenvalue weighted by Crippen LogP contribution is 2.02. The predicted octanol–water partition coefficient (Wildman–Crippen LogP) is -4.02. The van der Waals surface area contributed by atoms with Gasteiger partial charge in [-0.3, -0.25) is 0 Å². The molecule has 2 aromatic heterocycles. The molecule has 0 radical (unpaired) electrons. The molecule has 2 rings (SSSR count). The zero-order valence-corrected chi connectivity index (χ0v) is 10.1. The van der Waals surface area contributed by atoms with E-state index in [1.807, 2.05) is 26.8 Å². The van der Waals surface area contributed by atoms with Crippen molar-refractivity contribution in [2.45, 2.75) is 20.8 Å². The molecule has 9 heteroatoms. The van der Waals surface area contributed by atoms with Crippen molar-refractivity contribution >= 4 is 5.65 Å². The second-order valence-corrected chi connectivity index (χ2v) is 4.05. The Labute approximate surface area is 98.4 Å². The lowest BCUT2D eigenvalue weighted by molar-refractivity contribution is -2.00. The maximum absolute atomic E-state index is 8.49. The van der Waals surface area contributed by atoms with Gasteiger partial charge in [0.05, 0.1) is 5.16 Å². The summed E-state index contributed by atoms with van der Waals surface area (Å²) >= 11 is 0. The molecule has 94 valence electrons. The average molecular weight is 264 g/mol. The minimum atomic E-state index is -4.94. The van der Waals surface area contributed by atoms with Crippen LogP contribution >= 0.6 is 0 Å². The summed E-state index contributed by atoms with van der Waals surface area (Å²) in [6.45, 7) is 5.80. The van der Waals surface area contributed by atoms with Crippen LogP contribution in [0.1, 0.15) is 17.1 Å². The van der Waals surface area contributed by atoms with Crippen LogP contribution in [0, 0.1) is 31.0 Å². The first-order valence-corrected chi connectivity index (χ1v) is 5.66. The molecule has 0 amide bonds. The number of hydrogen-bond donors (Lipinski definition) is 0. The van der Waals surface area contributed by atoms with Gasteiger partial charge >= 0.3 is 5.65 Å². The summed E-state index contributed by atoms with van der Waals surface area (Å²) in [5.41, 5.74) is 3.62. The van der Waals surface area contributed by atoms with E-state index in [-0.39, 0.29) is 0 Å². The SMILES string of the molecule is Cc1cc(C)[n+]2onc(C)c2n1.[O-][Cl+3]([O-])([O-])[O-]. The molecule has 0 unspecified atom stereocenters. The van der Waals surface area contributed by atoms with Gasteiger partial charge in [-0.25, -0.2) is 18.6 Å². The molecule has 0 bridgehead atoms. The third kappa shape index (κ3) is 4.21. The molecule has 0 aliphatic carbocycles. The summed E-state index contributed by atoms with van der Waals surface area (Å²) in [5.74, 6) is 0. The lowest BCUT2D eigenvalue weighted by Gasteiger charge is -2.17. The van der Waals surface area contributed by atoms with Crippen LogP contribution < -0.4 is 23.2 Å². The van der Waals surface area contributed by atoms with Gasteiger partial charge in [0, 0.05) is 13.0 Å². The summed E-state index contributed by atoms with van der Waals surface area (Å²) < 4.78 is 40.6. The van der Waals surface area contributed by atoms with Gasteiger partial charge in [-0.2, -0.15) is 0 Å². The van der Waals surface area contributed by atoms with E-state index in [9.17, 15) is 0 Å². The van der Waals surface area contributed by atoms with Crippen molar-refractivity contribution in [1.29, 1.82) is 0 Å². The first-order valence-electron chi connectivity index (χ1n) is 4.43. The highest BCUT2D eigenvalue weighted by atomic mass is 35.7. The lowest BCUT2D eigenvalue weighted by Crippen LogP contribution is -2.68. The van der Waals surface area contributed by atoms with Crippen molar-refractivity contribution in [1.82, 2.24) is 10.1 Å². The van der Waals surface area contributed by atoms with Crippen molar-refractivity contribution in [2.75, 3.05) is 0 Å². The molecule has 0 saturated heterocycles. The van der Waals surface area contributed by atoms with Crippen molar-refractivity contribution < 1.29 is 38.1 Å². The van der Waals surface area contributed by atoms with E-state index in [2.05, 4.69) is 10.1 Å². The van der Waals surface area contributed by atoms with Crippen molar-refractivity contribution in [3.05, 3.63) is 23.1 Å². The van der Waals surface area contributed by atoms with Crippen molar-refractivity contribution in [2.24, 2.45) is 0 Å². The normalized spacial score (nSPS) is 11.2. The zero-order chi connectivity index (χ0) is 13.2. The van der Waals surface area contributed by atoms with E-state index >= 15 is 0 Å². The fourth-order valence-electron chi connectivity index (χ4n) is 1.25. The Bertz CT molecular complexity index is 516. The van der Waals surface area contributed by atoms with Crippen LogP contribution in [-0.4, -0.2) is 10.1 Å². The minimum absolute atomic E-state index is 0.799. The summed E-state index contributed by atoms with van der Waals surface area (Å²) in [6, 6.07) is 1.96. The lowest BCUT2D eigenvalue weighted by atomic mass is 10.3. The molecule has 8 nitrogen and oxygen atoms in total. The van der Waals surface area contributed by atoms with Crippen LogP contribution in [0.25, 0.3) is 5.65 Å². The van der Waals surface area contributed by atoms with E-state index in [1.165, 1.54) is 0 Å². The molecule has 0 N–H and O–H groups in total. The van der Waals surface area contributed by atoms with Crippen LogP contribution in [-0.2, 0) is 0 Å². The van der Waals surface area contributed by atoms with Crippen LogP contribution in [0.2, 0.25) is 0 Å². The first-order chi connectivity index (χ1) is 7.68. The molecule has 2 aromatic rings. The zero-order valence-electron chi connectivity index (χ0n) is 9.34. The Hall–Kier alpha value is -1.32. The molecule has 2 heterocycles. The number of rotatable bonds is 0. The number of halogens is 1. The predicted molar refractivity (Wildman–Crippen MR) is 41.7 cm³/mol. The maximum atomic E-state index is 8.49. The summed E-state index contributed by atoms with van der Waals surface area (Å²) in [7, 11) is -4.94. The van der Waals surface area contributed by atoms with Gasteiger partial charge in [0.2, 0.25) is 5.69 Å². The van der Waals surface area contributed by atoms with Gasteiger partial charge in [0.15, 0.2) is 0 Å². The number of nitrogens with zero attached hydrogens (tertiary/aromatic N) is 3. The molecule has 0 aliphatic heterocycles. The molecule has 0 aliphatic rings. The standard InChI is InChI=1S/C8H10N3O.ClHO4/c1-5-4-6(2)11-8(9-5)7(3)10-12-11;2-1(3,4)5/h4H,1-3H3;(H,2,3,4,5)/q+1;/p-1. The van der Waals surface area contributed by atoms with Gasteiger partial charge in [-0.1, -0.05) is 0 Å². The maximum Gasteiger partial charge on any atom is 0.343 e. The topological polar surface area (TPSA) is 135 Å². The van der Waals surface area contributed by atoms with Crippen LogP contribution in [0.5, 0.6) is 0 Å². The van der Waals surface area contributed by atoms with Gasteiger partial charge in [0.1, 0.15) is 11.4 Å². The van der Waals surface area contributed by atoms with E-state index in [4.69, 9.17) is 23.3 Å². The third-order valence-corrected chi connectivity index (χ3v) is 1.80. The Morgan fingerprint density at radius 1 is 1.18 bits per heavy atom. The minimum Gasteiger partial charge on any atom is -0.222 e. The summed E-state index contributed by atoms with van der Waals surface area (Å²) in [6.07, 6.45) is 0. The van der Waals surface area contributed by atoms with Crippen molar-refractivity contribution in [3.8, 4) is 0 Å². The van der Waals surface area contributed by atoms with Gasteiger partial charge < -0.3 is 0 Å². The van der Waals surface area contributed by atoms with Gasteiger partial charge in [0.25, 0.3) is 0 Å². The third-order valence-electron chi connectivity index (χ3n) is 1.80. The Balaban J connectivity index is 0.000000249. The largest absolute Gasteiger partial charge is 0.343 e. The highest BCUT2D eigenvalue weighted by Gasteiger charge is 2.16. The fraction of sp³-hybridized carbons (Fsp3) is 0.375. The Morgan fingerprint density at radius 3 is 2.24 bits per heavy atom. The Kier molecular flexibility index (Phi) is 3.96. The molecule has 0 atom stereocenters. The molecule has 17 heavy (non-hydrogen) atoms. The van der Waals surface area contributed by atoms with E-state index in [1.54, 1.807) is 4.57 Å². The smallest absolute Gasteiger partial charge is 0.222 e. The molecular weight excluding hydrogens is 254 g/mol. The van der Waals surface area contributed by atoms with E-state index in [0.717, 1.165) is 22.7 Å². The number of aryl methyl sites for hydroxylation is 3. The van der Waals surface area contributed by atoms with E-state index in [0.29, 0.717) is 0 Å². The number of hydrogen-bond acceptors (Lipinski definition) is 7. The number of aromatic nitrogens is 3. The summed E-state index contributed by atoms with van der Waals surface area (Å²) in [4.78, 5) is 4.30. The number of fused-ring (bicyclic) bond motifs is 1. The average Bonchev–Trinajstić information content (AvgIpc) is 2.45. The molecular formula is C8H10ClN3O5. The Morgan fingerprint density at radius 2 is 1.71 bits per heavy atom. The fourth-order valence-corrected chi connectivity index (χ4v) is 1.25. The van der Waals surface area contributed by atoms with Crippen molar-refractivity contribution in [3.63, 3.8) is 0 Å². The van der Waals surface area contributed by atoms with Crippen LogP contribution in [0.4, 0.5) is 0 Å². The van der Waals surface area contributed by atoms with Gasteiger partial charge in [-0.05, 0) is 18.4 Å². The second-order valence-electron chi connectivity index (χ2n) is 3.29.